The molecular weight excluding hydrogens is 504 g/mol. The smallest absolute Gasteiger partial charge is 0.0152 e. The Morgan fingerprint density at radius 3 is 0.952 bits per heavy atom. The highest BCUT2D eigenvalue weighted by Gasteiger charge is 2.41. The van der Waals surface area contributed by atoms with E-state index in [1.54, 1.807) is 0 Å². The summed E-state index contributed by atoms with van der Waals surface area (Å²) in [6.45, 7) is 9.55. The monoisotopic (exact) mass is 540 g/mol. The van der Waals surface area contributed by atoms with Crippen molar-refractivity contribution < 1.29 is 0 Å². The Kier molecular flexibility index (Phi) is 6.24. The topological polar surface area (TPSA) is 0 Å². The zero-order valence-electron chi connectivity index (χ0n) is 24.9. The molecule has 0 heterocycles. The maximum atomic E-state index is 2.45. The van der Waals surface area contributed by atoms with Gasteiger partial charge in [0.1, 0.15) is 0 Å². The van der Waals surface area contributed by atoms with Gasteiger partial charge < -0.3 is 0 Å². The van der Waals surface area contributed by atoms with Crippen LogP contribution in [0, 0.1) is 0 Å². The molecule has 0 unspecified atom stereocenters. The second kappa shape index (κ2) is 10.00. The number of fused-ring (bicyclic) bond motifs is 2. The first-order valence-electron chi connectivity index (χ1n) is 14.9. The molecule has 0 fully saturated rings. The summed E-state index contributed by atoms with van der Waals surface area (Å²) in [4.78, 5) is 0. The molecule has 1 aliphatic rings. The molecule has 204 valence electrons. The molecule has 42 heavy (non-hydrogen) atoms. The van der Waals surface area contributed by atoms with E-state index in [9.17, 15) is 0 Å². The van der Waals surface area contributed by atoms with Crippen LogP contribution >= 0.6 is 0 Å². The van der Waals surface area contributed by atoms with Crippen molar-refractivity contribution in [2.24, 2.45) is 0 Å². The van der Waals surface area contributed by atoms with E-state index in [4.69, 9.17) is 0 Å². The molecule has 0 radical (unpaired) electrons. The van der Waals surface area contributed by atoms with Crippen LogP contribution in [-0.4, -0.2) is 0 Å². The quantitative estimate of drug-likeness (QED) is 0.209. The lowest BCUT2D eigenvalue weighted by Crippen LogP contribution is -2.36. The lowest BCUT2D eigenvalue weighted by Gasteiger charge is -2.44. The Labute approximate surface area is 250 Å². The van der Waals surface area contributed by atoms with E-state index in [2.05, 4.69) is 173 Å². The first kappa shape index (κ1) is 26.2. The van der Waals surface area contributed by atoms with Crippen molar-refractivity contribution in [2.75, 3.05) is 0 Å². The van der Waals surface area contributed by atoms with Gasteiger partial charge in [-0.3, -0.25) is 0 Å². The summed E-state index contributed by atoms with van der Waals surface area (Å²) in [6.07, 6.45) is 0. The lowest BCUT2D eigenvalue weighted by atomic mass is 9.59. The summed E-state index contributed by atoms with van der Waals surface area (Å²) in [7, 11) is 0. The zero-order chi connectivity index (χ0) is 28.9. The van der Waals surface area contributed by atoms with Crippen molar-refractivity contribution in [1.82, 2.24) is 0 Å². The number of hydrogen-bond donors (Lipinski definition) is 0. The first-order valence-corrected chi connectivity index (χ1v) is 14.9. The van der Waals surface area contributed by atoms with Crippen molar-refractivity contribution in [3.8, 4) is 44.5 Å². The van der Waals surface area contributed by atoms with Gasteiger partial charge in [-0.1, -0.05) is 149 Å². The minimum absolute atomic E-state index is 0.113. The summed E-state index contributed by atoms with van der Waals surface area (Å²) in [5.41, 5.74) is 15.5. The summed E-state index contributed by atoms with van der Waals surface area (Å²) in [6, 6.07) is 53.5. The van der Waals surface area contributed by atoms with Gasteiger partial charge in [-0.2, -0.15) is 0 Å². The Bertz CT molecular complexity index is 1760. The predicted octanol–water partition coefficient (Wildman–Crippen LogP) is 11.3. The normalized spacial score (nSPS) is 14.6. The molecule has 1 aliphatic carbocycles. The van der Waals surface area contributed by atoms with Crippen molar-refractivity contribution in [1.29, 1.82) is 0 Å². The van der Waals surface area contributed by atoms with E-state index in [1.165, 1.54) is 66.8 Å². The Morgan fingerprint density at radius 1 is 0.262 bits per heavy atom. The minimum atomic E-state index is -0.113. The summed E-state index contributed by atoms with van der Waals surface area (Å²) in [5.74, 6) is 0. The third kappa shape index (κ3) is 4.39. The van der Waals surface area contributed by atoms with Crippen LogP contribution in [0.5, 0.6) is 0 Å². The summed E-state index contributed by atoms with van der Waals surface area (Å²) < 4.78 is 0. The van der Waals surface area contributed by atoms with Gasteiger partial charge in [-0.25, -0.2) is 0 Å². The van der Waals surface area contributed by atoms with Crippen LogP contribution in [-0.2, 0) is 10.8 Å². The van der Waals surface area contributed by atoms with E-state index in [1.807, 2.05) is 0 Å². The average Bonchev–Trinajstić information content (AvgIpc) is 3.04. The molecule has 0 atom stereocenters. The molecule has 0 nitrogen and oxygen atoms in total. The second-order valence-corrected chi connectivity index (χ2v) is 12.7. The molecule has 7 rings (SSSR count). The van der Waals surface area contributed by atoms with E-state index in [0.29, 0.717) is 0 Å². The van der Waals surface area contributed by atoms with Gasteiger partial charge in [0.15, 0.2) is 0 Å². The summed E-state index contributed by atoms with van der Waals surface area (Å²) in [5, 5.41) is 0. The maximum Gasteiger partial charge on any atom is 0.0152 e. The number of benzene rings is 6. The number of hydrogen-bond acceptors (Lipinski definition) is 0. The van der Waals surface area contributed by atoms with Crippen LogP contribution < -0.4 is 0 Å². The van der Waals surface area contributed by atoms with Gasteiger partial charge in [0.25, 0.3) is 0 Å². The first-order chi connectivity index (χ1) is 20.3. The van der Waals surface area contributed by atoms with E-state index in [0.717, 1.165) is 0 Å². The molecule has 0 aliphatic heterocycles. The third-order valence-electron chi connectivity index (χ3n) is 9.34. The van der Waals surface area contributed by atoms with Crippen molar-refractivity contribution >= 4 is 0 Å². The van der Waals surface area contributed by atoms with Crippen LogP contribution in [0.4, 0.5) is 0 Å². The highest BCUT2D eigenvalue weighted by Crippen LogP contribution is 2.51. The van der Waals surface area contributed by atoms with Crippen LogP contribution in [0.1, 0.15) is 49.9 Å². The molecule has 0 bridgehead atoms. The van der Waals surface area contributed by atoms with Crippen LogP contribution in [0.15, 0.2) is 146 Å². The van der Waals surface area contributed by atoms with E-state index < -0.39 is 0 Å². The van der Waals surface area contributed by atoms with Crippen molar-refractivity contribution in [3.05, 3.63) is 168 Å². The van der Waals surface area contributed by atoms with Crippen molar-refractivity contribution in [3.63, 3.8) is 0 Å². The van der Waals surface area contributed by atoms with Crippen molar-refractivity contribution in [2.45, 2.75) is 38.5 Å². The highest BCUT2D eigenvalue weighted by molar-refractivity contribution is 5.77. The SMILES string of the molecule is CC1(C)c2ccc(-c3cccc(-c4ccccc4)c3)cc2C(C)(C)c2ccc(-c3cccc(-c4ccccc4)c3)cc21. The molecule has 0 N–H and O–H groups in total. The van der Waals surface area contributed by atoms with E-state index in [-0.39, 0.29) is 10.8 Å². The minimum Gasteiger partial charge on any atom is -0.0622 e. The zero-order valence-corrected chi connectivity index (χ0v) is 24.9. The Morgan fingerprint density at radius 2 is 0.571 bits per heavy atom. The molecule has 0 saturated heterocycles. The second-order valence-electron chi connectivity index (χ2n) is 12.7. The Hall–Kier alpha value is -4.68. The van der Waals surface area contributed by atoms with Gasteiger partial charge in [-0.05, 0) is 91.0 Å². The van der Waals surface area contributed by atoms with Crippen LogP contribution in [0.3, 0.4) is 0 Å². The fourth-order valence-corrected chi connectivity index (χ4v) is 6.88. The standard InChI is InChI=1S/C42H36/c1-41(2)37-23-21-36(34-20-12-18-32(26-34)30-15-9-6-10-16-30)28-40(37)42(3,4)38-24-22-35(27-39(38)41)33-19-11-17-31(25-33)29-13-7-5-8-14-29/h5-28H,1-4H3. The molecule has 6 aromatic rings. The van der Waals surface area contributed by atoms with Gasteiger partial charge in [0.2, 0.25) is 0 Å². The molecule has 0 heteroatoms. The van der Waals surface area contributed by atoms with Gasteiger partial charge in [0, 0.05) is 10.8 Å². The van der Waals surface area contributed by atoms with Crippen LogP contribution in [0.2, 0.25) is 0 Å². The van der Waals surface area contributed by atoms with Crippen LogP contribution in [0.25, 0.3) is 44.5 Å². The molecule has 0 saturated carbocycles. The van der Waals surface area contributed by atoms with Gasteiger partial charge in [0.05, 0.1) is 0 Å². The Balaban J connectivity index is 1.30. The predicted molar refractivity (Wildman–Crippen MR) is 179 cm³/mol. The average molecular weight is 541 g/mol. The molecule has 6 aromatic carbocycles. The molecular formula is C42H36. The fraction of sp³-hybridized carbons (Fsp3) is 0.143. The lowest BCUT2D eigenvalue weighted by molar-refractivity contribution is 0.521. The third-order valence-corrected chi connectivity index (χ3v) is 9.34. The molecule has 0 amide bonds. The molecule has 0 spiro atoms. The van der Waals surface area contributed by atoms with E-state index >= 15 is 0 Å². The summed E-state index contributed by atoms with van der Waals surface area (Å²) >= 11 is 0. The highest BCUT2D eigenvalue weighted by atomic mass is 14.4. The molecule has 0 aromatic heterocycles. The van der Waals surface area contributed by atoms with Gasteiger partial charge >= 0.3 is 0 Å². The number of rotatable bonds is 4. The fourth-order valence-electron chi connectivity index (χ4n) is 6.88. The maximum absolute atomic E-state index is 2.45. The largest absolute Gasteiger partial charge is 0.0622 e. The van der Waals surface area contributed by atoms with Gasteiger partial charge in [-0.15, -0.1) is 0 Å².